The third-order valence-corrected chi connectivity index (χ3v) is 5.80. The molecule has 134 valence electrons. The smallest absolute Gasteiger partial charge is 0.263 e. The molecule has 1 aliphatic rings. The molecule has 0 atom stereocenters. The van der Waals surface area contributed by atoms with Gasteiger partial charge in [-0.3, -0.25) is 9.78 Å². The second-order valence-corrected chi connectivity index (χ2v) is 7.51. The van der Waals surface area contributed by atoms with Crippen molar-refractivity contribution >= 4 is 17.2 Å². The molecule has 0 unspecified atom stereocenters. The lowest BCUT2D eigenvalue weighted by Crippen LogP contribution is -2.47. The van der Waals surface area contributed by atoms with Crippen molar-refractivity contribution in [1.82, 2.24) is 20.6 Å². The van der Waals surface area contributed by atoms with E-state index in [2.05, 4.69) is 20.6 Å². The van der Waals surface area contributed by atoms with Crippen LogP contribution in [-0.4, -0.2) is 49.2 Å². The third kappa shape index (κ3) is 4.23. The molecule has 0 radical (unpaired) electrons. The molecule has 2 aromatic heterocycles. The highest BCUT2D eigenvalue weighted by Crippen LogP contribution is 2.29. The minimum Gasteiger partial charge on any atom is -0.384 e. The molecule has 6 nitrogen and oxygen atoms in total. The van der Waals surface area contributed by atoms with Gasteiger partial charge in [0.15, 0.2) is 0 Å². The molecule has 0 aromatic carbocycles. The molecular weight excluding hydrogens is 336 g/mol. The molecule has 3 rings (SSSR count). The molecule has 25 heavy (non-hydrogen) atoms. The van der Waals surface area contributed by atoms with Crippen molar-refractivity contribution in [3.05, 3.63) is 35.0 Å². The first-order valence-electron chi connectivity index (χ1n) is 8.50. The predicted octanol–water partition coefficient (Wildman–Crippen LogP) is 2.26. The highest BCUT2D eigenvalue weighted by Gasteiger charge is 2.33. The number of nitrogens with one attached hydrogen (secondary N) is 2. The Labute approximate surface area is 152 Å². The molecule has 2 aromatic rings. The second-order valence-electron chi connectivity index (χ2n) is 6.51. The van der Waals surface area contributed by atoms with Crippen LogP contribution >= 0.6 is 11.3 Å². The fraction of sp³-hybridized carbons (Fsp3) is 0.500. The van der Waals surface area contributed by atoms with Crippen molar-refractivity contribution in [2.45, 2.75) is 19.8 Å². The van der Waals surface area contributed by atoms with Crippen LogP contribution in [0.2, 0.25) is 0 Å². The quantitative estimate of drug-likeness (QED) is 0.826. The van der Waals surface area contributed by atoms with Crippen LogP contribution in [0.25, 0.3) is 10.7 Å². The molecule has 0 spiro atoms. The SMILES string of the molecule is COCC1(CNC(=O)c2sc(-c3ccccn3)nc2C)CCNCC1. The minimum absolute atomic E-state index is 0.0120. The van der Waals surface area contributed by atoms with Crippen molar-refractivity contribution in [2.24, 2.45) is 5.41 Å². The number of carbonyl (C=O) groups excluding carboxylic acids is 1. The Morgan fingerprint density at radius 3 is 2.88 bits per heavy atom. The molecular formula is C18H24N4O2S. The number of thiazole rings is 1. The minimum atomic E-state index is -0.0637. The summed E-state index contributed by atoms with van der Waals surface area (Å²) in [6.45, 7) is 5.08. The van der Waals surface area contributed by atoms with Crippen LogP contribution in [0.1, 0.15) is 28.2 Å². The molecule has 1 aliphatic heterocycles. The number of pyridine rings is 1. The summed E-state index contributed by atoms with van der Waals surface area (Å²) in [5.41, 5.74) is 1.55. The number of methoxy groups -OCH3 is 1. The fourth-order valence-corrected chi connectivity index (χ4v) is 4.15. The third-order valence-electron chi connectivity index (χ3n) is 4.63. The Morgan fingerprint density at radius 2 is 2.20 bits per heavy atom. The Morgan fingerprint density at radius 1 is 1.40 bits per heavy atom. The maximum absolute atomic E-state index is 12.7. The van der Waals surface area contributed by atoms with E-state index in [1.54, 1.807) is 13.3 Å². The first-order valence-corrected chi connectivity index (χ1v) is 9.32. The van der Waals surface area contributed by atoms with Gasteiger partial charge in [0.05, 0.1) is 18.0 Å². The van der Waals surface area contributed by atoms with Gasteiger partial charge in [-0.15, -0.1) is 11.3 Å². The fourth-order valence-electron chi connectivity index (χ4n) is 3.19. The number of hydrogen-bond acceptors (Lipinski definition) is 6. The van der Waals surface area contributed by atoms with E-state index >= 15 is 0 Å². The topological polar surface area (TPSA) is 76.1 Å². The molecule has 1 saturated heterocycles. The summed E-state index contributed by atoms with van der Waals surface area (Å²) in [6.07, 6.45) is 3.74. The van der Waals surface area contributed by atoms with Crippen LogP contribution in [-0.2, 0) is 4.74 Å². The standard InChI is InChI=1S/C18H24N4O2S/c1-13-15(25-17(22-13)14-5-3-4-8-20-14)16(23)21-11-18(12-24-2)6-9-19-10-7-18/h3-5,8,19H,6-7,9-12H2,1-2H3,(H,21,23). The highest BCUT2D eigenvalue weighted by atomic mass is 32.1. The van der Waals surface area contributed by atoms with Crippen molar-refractivity contribution < 1.29 is 9.53 Å². The summed E-state index contributed by atoms with van der Waals surface area (Å²) in [4.78, 5) is 22.2. The molecule has 7 heteroatoms. The van der Waals surface area contributed by atoms with E-state index in [-0.39, 0.29) is 11.3 Å². The number of amides is 1. The lowest BCUT2D eigenvalue weighted by Gasteiger charge is -2.37. The molecule has 3 heterocycles. The number of piperidine rings is 1. The van der Waals surface area contributed by atoms with E-state index in [0.717, 1.165) is 42.3 Å². The van der Waals surface area contributed by atoms with Crippen molar-refractivity contribution in [3.8, 4) is 10.7 Å². The van der Waals surface area contributed by atoms with Crippen LogP contribution in [0.3, 0.4) is 0 Å². The van der Waals surface area contributed by atoms with Gasteiger partial charge in [0.25, 0.3) is 5.91 Å². The Kier molecular flexibility index (Phi) is 5.78. The average molecular weight is 360 g/mol. The van der Waals surface area contributed by atoms with Crippen LogP contribution in [0.4, 0.5) is 0 Å². The van der Waals surface area contributed by atoms with Gasteiger partial charge in [-0.05, 0) is 45.0 Å². The normalized spacial score (nSPS) is 16.6. The van der Waals surface area contributed by atoms with Gasteiger partial charge < -0.3 is 15.4 Å². The summed E-state index contributed by atoms with van der Waals surface area (Å²) in [5, 5.41) is 7.24. The largest absolute Gasteiger partial charge is 0.384 e. The zero-order chi connectivity index (χ0) is 17.7. The lowest BCUT2D eigenvalue weighted by atomic mass is 9.79. The summed E-state index contributed by atoms with van der Waals surface area (Å²) in [5.74, 6) is -0.0637. The summed E-state index contributed by atoms with van der Waals surface area (Å²) in [7, 11) is 1.72. The van der Waals surface area contributed by atoms with E-state index in [1.807, 2.05) is 25.1 Å². The van der Waals surface area contributed by atoms with Crippen LogP contribution in [0.15, 0.2) is 24.4 Å². The van der Waals surface area contributed by atoms with Crippen LogP contribution in [0, 0.1) is 12.3 Å². The van der Waals surface area contributed by atoms with Crippen LogP contribution in [0.5, 0.6) is 0 Å². The van der Waals surface area contributed by atoms with Gasteiger partial charge in [0.2, 0.25) is 0 Å². The predicted molar refractivity (Wildman–Crippen MR) is 98.8 cm³/mol. The molecule has 0 saturated carbocycles. The number of aromatic nitrogens is 2. The monoisotopic (exact) mass is 360 g/mol. The number of nitrogens with zero attached hydrogens (tertiary/aromatic N) is 2. The van der Waals surface area contributed by atoms with Gasteiger partial charge in [-0.1, -0.05) is 6.07 Å². The van der Waals surface area contributed by atoms with Crippen molar-refractivity contribution in [2.75, 3.05) is 33.4 Å². The molecule has 0 aliphatic carbocycles. The van der Waals surface area contributed by atoms with E-state index < -0.39 is 0 Å². The molecule has 0 bridgehead atoms. The number of ether oxygens (including phenoxy) is 1. The summed E-state index contributed by atoms with van der Waals surface area (Å²) >= 11 is 1.39. The first kappa shape index (κ1) is 18.0. The summed E-state index contributed by atoms with van der Waals surface area (Å²) < 4.78 is 5.41. The first-order chi connectivity index (χ1) is 12.1. The average Bonchev–Trinajstić information content (AvgIpc) is 3.03. The molecule has 1 amide bonds. The zero-order valence-electron chi connectivity index (χ0n) is 14.7. The molecule has 1 fully saturated rings. The van der Waals surface area contributed by atoms with Gasteiger partial charge >= 0.3 is 0 Å². The van der Waals surface area contributed by atoms with Gasteiger partial charge in [0.1, 0.15) is 9.88 Å². The lowest BCUT2D eigenvalue weighted by molar-refractivity contribution is 0.0512. The molecule has 2 N–H and O–H groups in total. The number of aryl methyl sites for hydroxylation is 1. The summed E-state index contributed by atoms with van der Waals surface area (Å²) in [6, 6.07) is 5.69. The number of hydrogen-bond donors (Lipinski definition) is 2. The Bertz CT molecular complexity index is 706. The zero-order valence-corrected chi connectivity index (χ0v) is 15.5. The maximum Gasteiger partial charge on any atom is 0.263 e. The van der Waals surface area contributed by atoms with Gasteiger partial charge in [-0.2, -0.15) is 0 Å². The number of rotatable bonds is 6. The van der Waals surface area contributed by atoms with Crippen molar-refractivity contribution in [3.63, 3.8) is 0 Å². The Hall–Kier alpha value is -1.83. The van der Waals surface area contributed by atoms with E-state index in [9.17, 15) is 4.79 Å². The van der Waals surface area contributed by atoms with Gasteiger partial charge in [0, 0.05) is 25.3 Å². The second kappa shape index (κ2) is 8.03. The van der Waals surface area contributed by atoms with E-state index in [4.69, 9.17) is 4.74 Å². The highest BCUT2D eigenvalue weighted by molar-refractivity contribution is 7.17. The van der Waals surface area contributed by atoms with Crippen LogP contribution < -0.4 is 10.6 Å². The van der Waals surface area contributed by atoms with Gasteiger partial charge in [-0.25, -0.2) is 4.98 Å². The number of carbonyl (C=O) groups is 1. The van der Waals surface area contributed by atoms with E-state index in [1.165, 1.54) is 11.3 Å². The van der Waals surface area contributed by atoms with Crippen molar-refractivity contribution in [1.29, 1.82) is 0 Å². The maximum atomic E-state index is 12.7. The van der Waals surface area contributed by atoms with E-state index in [0.29, 0.717) is 18.0 Å². The Balaban J connectivity index is 1.70.